The van der Waals surface area contributed by atoms with Gasteiger partial charge in [0.2, 0.25) is 0 Å². The molecule has 2 aliphatic heterocycles. The first-order valence-electron chi connectivity index (χ1n) is 9.89. The zero-order valence-corrected chi connectivity index (χ0v) is 17.0. The van der Waals surface area contributed by atoms with Gasteiger partial charge in [0.1, 0.15) is 19.3 Å². The number of benzene rings is 2. The smallest absolute Gasteiger partial charge is 0.274 e. The number of amides is 1. The summed E-state index contributed by atoms with van der Waals surface area (Å²) in [5, 5.41) is 0.714. The van der Waals surface area contributed by atoms with Crippen LogP contribution in [0.3, 0.4) is 0 Å². The topological polar surface area (TPSA) is 60.9 Å². The predicted molar refractivity (Wildman–Crippen MR) is 111 cm³/mol. The van der Waals surface area contributed by atoms with E-state index in [1.165, 1.54) is 0 Å². The number of para-hydroxylation sites is 1. The van der Waals surface area contributed by atoms with Gasteiger partial charge < -0.3 is 19.1 Å². The van der Waals surface area contributed by atoms with Crippen LogP contribution in [0.5, 0.6) is 16.7 Å². The number of carbonyl (C=O) groups is 1. The molecule has 0 unspecified atom stereocenters. The maximum atomic E-state index is 12.9. The summed E-state index contributed by atoms with van der Waals surface area (Å²) in [6, 6.07) is 11.6. The Morgan fingerprint density at radius 1 is 1.14 bits per heavy atom. The second-order valence-corrected chi connectivity index (χ2v) is 8.36. The molecule has 3 heterocycles. The van der Waals surface area contributed by atoms with Crippen LogP contribution in [0.2, 0.25) is 0 Å². The van der Waals surface area contributed by atoms with Gasteiger partial charge in [-0.25, -0.2) is 4.98 Å². The fourth-order valence-corrected chi connectivity index (χ4v) is 4.75. The number of nitrogens with zero attached hydrogens (tertiary/aromatic N) is 2. The molecule has 6 nitrogen and oxygen atoms in total. The highest BCUT2D eigenvalue weighted by atomic mass is 32.1. The van der Waals surface area contributed by atoms with E-state index in [2.05, 4.69) is 24.0 Å². The molecule has 0 aliphatic carbocycles. The second-order valence-electron chi connectivity index (χ2n) is 7.37. The van der Waals surface area contributed by atoms with Crippen molar-refractivity contribution in [1.82, 2.24) is 9.88 Å². The number of hydrogen-bond donors (Lipinski definition) is 0. The molecule has 0 N–H and O–H groups in total. The molecule has 0 saturated carbocycles. The molecule has 0 spiro atoms. The van der Waals surface area contributed by atoms with Crippen LogP contribution in [0, 0.1) is 6.92 Å². The van der Waals surface area contributed by atoms with Gasteiger partial charge in [-0.15, -0.1) is 0 Å². The van der Waals surface area contributed by atoms with Crippen molar-refractivity contribution in [1.29, 1.82) is 0 Å². The molecule has 3 aromatic rings. The molecule has 1 amide bonds. The average molecular weight is 410 g/mol. The summed E-state index contributed by atoms with van der Waals surface area (Å²) in [5.74, 6) is 1.37. The van der Waals surface area contributed by atoms with Crippen molar-refractivity contribution >= 4 is 27.5 Å². The minimum absolute atomic E-state index is 0.0241. The lowest BCUT2D eigenvalue weighted by Gasteiger charge is -2.31. The van der Waals surface area contributed by atoms with E-state index >= 15 is 0 Å². The van der Waals surface area contributed by atoms with Crippen LogP contribution in [-0.2, 0) is 0 Å². The Morgan fingerprint density at radius 3 is 2.72 bits per heavy atom. The highest BCUT2D eigenvalue weighted by Gasteiger charge is 2.26. The van der Waals surface area contributed by atoms with Crippen molar-refractivity contribution in [2.75, 3.05) is 26.3 Å². The number of piperidine rings is 1. The summed E-state index contributed by atoms with van der Waals surface area (Å²) in [6.45, 7) is 4.46. The Morgan fingerprint density at radius 2 is 1.93 bits per heavy atom. The van der Waals surface area contributed by atoms with Gasteiger partial charge in [0, 0.05) is 31.5 Å². The van der Waals surface area contributed by atoms with Crippen LogP contribution in [0.4, 0.5) is 0 Å². The van der Waals surface area contributed by atoms with Gasteiger partial charge in [0.25, 0.3) is 11.1 Å². The molecule has 0 radical (unpaired) electrons. The largest absolute Gasteiger partial charge is 0.486 e. The molecule has 1 aromatic heterocycles. The second kappa shape index (κ2) is 7.55. The quantitative estimate of drug-likeness (QED) is 0.652. The number of fused-ring (bicyclic) bond motifs is 2. The van der Waals surface area contributed by atoms with Gasteiger partial charge >= 0.3 is 0 Å². The van der Waals surface area contributed by atoms with Crippen LogP contribution >= 0.6 is 11.3 Å². The Bertz CT molecular complexity index is 1060. The van der Waals surface area contributed by atoms with E-state index in [0.29, 0.717) is 48.6 Å². The molecule has 0 bridgehead atoms. The molecular weight excluding hydrogens is 388 g/mol. The number of aryl methyl sites for hydroxylation is 1. The third-order valence-electron chi connectivity index (χ3n) is 5.39. The monoisotopic (exact) mass is 410 g/mol. The number of likely N-dealkylation sites (tertiary alicyclic amines) is 1. The molecule has 150 valence electrons. The third-order valence-corrected chi connectivity index (χ3v) is 6.30. The van der Waals surface area contributed by atoms with E-state index in [1.54, 1.807) is 17.4 Å². The molecule has 1 fully saturated rings. The van der Waals surface area contributed by atoms with E-state index in [0.717, 1.165) is 28.6 Å². The lowest BCUT2D eigenvalue weighted by Crippen LogP contribution is -2.41. The van der Waals surface area contributed by atoms with Crippen LogP contribution in [0.15, 0.2) is 36.4 Å². The van der Waals surface area contributed by atoms with Crippen LogP contribution in [0.25, 0.3) is 10.2 Å². The molecule has 1 saturated heterocycles. The van der Waals surface area contributed by atoms with Crippen molar-refractivity contribution < 1.29 is 19.0 Å². The Kier molecular flexibility index (Phi) is 4.75. The van der Waals surface area contributed by atoms with Gasteiger partial charge in [0.15, 0.2) is 11.5 Å². The van der Waals surface area contributed by atoms with Crippen molar-refractivity contribution in [2.24, 2.45) is 0 Å². The van der Waals surface area contributed by atoms with Crippen LogP contribution < -0.4 is 14.2 Å². The Labute approximate surface area is 173 Å². The maximum absolute atomic E-state index is 12.9. The maximum Gasteiger partial charge on any atom is 0.274 e. The average Bonchev–Trinajstić information content (AvgIpc) is 3.17. The lowest BCUT2D eigenvalue weighted by molar-refractivity contribution is 0.0594. The fourth-order valence-electron chi connectivity index (χ4n) is 3.79. The van der Waals surface area contributed by atoms with Gasteiger partial charge in [0.05, 0.1) is 10.2 Å². The highest BCUT2D eigenvalue weighted by molar-refractivity contribution is 7.20. The normalized spacial score (nSPS) is 16.8. The molecule has 2 aliphatic rings. The van der Waals surface area contributed by atoms with Crippen LogP contribution in [0.1, 0.15) is 28.8 Å². The van der Waals surface area contributed by atoms with E-state index in [9.17, 15) is 4.79 Å². The summed E-state index contributed by atoms with van der Waals surface area (Å²) < 4.78 is 18.4. The molecule has 0 atom stereocenters. The molecule has 7 heteroatoms. The predicted octanol–water partition coefficient (Wildman–Crippen LogP) is 4.06. The molecular formula is C22H22N2O4S. The summed E-state index contributed by atoms with van der Waals surface area (Å²) in [6.07, 6.45) is 1.68. The van der Waals surface area contributed by atoms with E-state index < -0.39 is 0 Å². The molecule has 5 rings (SSSR count). The number of hydrogen-bond acceptors (Lipinski definition) is 6. The minimum atomic E-state index is 0.0241. The molecule has 29 heavy (non-hydrogen) atoms. The lowest BCUT2D eigenvalue weighted by atomic mass is 10.1. The van der Waals surface area contributed by atoms with Crippen molar-refractivity contribution in [3.63, 3.8) is 0 Å². The SMILES string of the molecule is Cc1cccc2sc(OC3CCN(C(=O)c4ccc5c(c4)OCCO5)CC3)nc12. The van der Waals surface area contributed by atoms with Gasteiger partial charge in [-0.3, -0.25) is 4.79 Å². The summed E-state index contributed by atoms with van der Waals surface area (Å²) >= 11 is 1.58. The first kappa shape index (κ1) is 18.2. The third kappa shape index (κ3) is 3.62. The number of rotatable bonds is 3. The standard InChI is InChI=1S/C22H22N2O4S/c1-14-3-2-4-19-20(14)23-22(29-19)28-16-7-9-24(10-8-16)21(25)15-5-6-17-18(13-15)27-12-11-26-17/h2-6,13,16H,7-12H2,1H3. The zero-order chi connectivity index (χ0) is 19.8. The van der Waals surface area contributed by atoms with E-state index in [1.807, 2.05) is 23.1 Å². The molecule has 2 aromatic carbocycles. The Balaban J connectivity index is 1.22. The van der Waals surface area contributed by atoms with Gasteiger partial charge in [-0.1, -0.05) is 23.5 Å². The van der Waals surface area contributed by atoms with Crippen LogP contribution in [-0.4, -0.2) is 48.2 Å². The number of thiazole rings is 1. The van der Waals surface area contributed by atoms with E-state index in [4.69, 9.17) is 14.2 Å². The Hall–Kier alpha value is -2.80. The fraction of sp³-hybridized carbons (Fsp3) is 0.364. The van der Waals surface area contributed by atoms with Crippen molar-refractivity contribution in [2.45, 2.75) is 25.9 Å². The summed E-state index contributed by atoms with van der Waals surface area (Å²) in [4.78, 5) is 19.4. The van der Waals surface area contributed by atoms with Gasteiger partial charge in [-0.2, -0.15) is 0 Å². The first-order valence-corrected chi connectivity index (χ1v) is 10.7. The highest BCUT2D eigenvalue weighted by Crippen LogP contribution is 2.33. The number of aromatic nitrogens is 1. The zero-order valence-electron chi connectivity index (χ0n) is 16.2. The summed E-state index contributed by atoms with van der Waals surface area (Å²) in [7, 11) is 0. The van der Waals surface area contributed by atoms with Gasteiger partial charge in [-0.05, 0) is 36.8 Å². The van der Waals surface area contributed by atoms with E-state index in [-0.39, 0.29) is 12.0 Å². The first-order chi connectivity index (χ1) is 14.2. The number of ether oxygens (including phenoxy) is 3. The van der Waals surface area contributed by atoms with Crippen molar-refractivity contribution in [3.8, 4) is 16.7 Å². The summed E-state index contributed by atoms with van der Waals surface area (Å²) in [5.41, 5.74) is 2.81. The minimum Gasteiger partial charge on any atom is -0.486 e. The number of carbonyl (C=O) groups excluding carboxylic acids is 1. The van der Waals surface area contributed by atoms with Crippen molar-refractivity contribution in [3.05, 3.63) is 47.5 Å².